The van der Waals surface area contributed by atoms with Crippen LogP contribution in [0.15, 0.2) is 36.4 Å². The molecule has 1 heterocycles. The second kappa shape index (κ2) is 4.93. The van der Waals surface area contributed by atoms with E-state index in [9.17, 15) is 0 Å². The highest BCUT2D eigenvalue weighted by Gasteiger charge is 2.33. The summed E-state index contributed by atoms with van der Waals surface area (Å²) in [5, 5.41) is 4.14. The lowest BCUT2D eigenvalue weighted by Gasteiger charge is -2.15. The maximum Gasteiger partial charge on any atom is 0.231 e. The number of hydrogen-bond acceptors (Lipinski definition) is 3. The van der Waals surface area contributed by atoms with Crippen molar-refractivity contribution in [3.05, 3.63) is 58.1 Å². The lowest BCUT2D eigenvalue weighted by Crippen LogP contribution is -2.13. The topological polar surface area (TPSA) is 30.5 Å². The van der Waals surface area contributed by atoms with Gasteiger partial charge in [-0.3, -0.25) is 0 Å². The molecule has 0 unspecified atom stereocenters. The summed E-state index contributed by atoms with van der Waals surface area (Å²) in [5.74, 6) is 1.82. The second-order valence-corrected chi connectivity index (χ2v) is 5.89. The molecule has 0 spiro atoms. The van der Waals surface area contributed by atoms with Gasteiger partial charge in [-0.1, -0.05) is 35.9 Å². The third kappa shape index (κ3) is 2.00. The van der Waals surface area contributed by atoms with E-state index >= 15 is 0 Å². The fourth-order valence-electron chi connectivity index (χ4n) is 3.40. The Morgan fingerprint density at radius 3 is 2.52 bits per heavy atom. The third-order valence-electron chi connectivity index (χ3n) is 4.43. The van der Waals surface area contributed by atoms with E-state index < -0.39 is 0 Å². The molecule has 4 rings (SSSR count). The molecular formula is C17H16ClNO2. The fourth-order valence-corrected chi connectivity index (χ4v) is 3.69. The van der Waals surface area contributed by atoms with Crippen LogP contribution in [0.1, 0.15) is 35.1 Å². The molecule has 2 aromatic rings. The normalized spacial score (nSPS) is 22.4. The average Bonchev–Trinajstić information content (AvgIpc) is 3.09. The first-order valence-electron chi connectivity index (χ1n) is 7.13. The van der Waals surface area contributed by atoms with Gasteiger partial charge in [-0.15, -0.1) is 0 Å². The Morgan fingerprint density at radius 2 is 1.76 bits per heavy atom. The molecule has 0 amide bonds. The van der Waals surface area contributed by atoms with Crippen LogP contribution in [0.25, 0.3) is 0 Å². The smallest absolute Gasteiger partial charge is 0.231 e. The van der Waals surface area contributed by atoms with Gasteiger partial charge < -0.3 is 14.8 Å². The zero-order valence-corrected chi connectivity index (χ0v) is 12.5. The molecule has 0 radical (unpaired) electrons. The monoisotopic (exact) mass is 301 g/mol. The molecule has 2 aromatic carbocycles. The molecule has 2 atom stereocenters. The highest BCUT2D eigenvalue weighted by Crippen LogP contribution is 2.48. The van der Waals surface area contributed by atoms with Gasteiger partial charge in [0.05, 0.1) is 0 Å². The van der Waals surface area contributed by atoms with E-state index in [0.29, 0.717) is 12.0 Å². The summed E-state index contributed by atoms with van der Waals surface area (Å²) in [5.41, 5.74) is 3.82. The summed E-state index contributed by atoms with van der Waals surface area (Å²) in [4.78, 5) is 0. The Balaban J connectivity index is 1.81. The zero-order valence-electron chi connectivity index (χ0n) is 11.7. The van der Waals surface area contributed by atoms with E-state index in [1.807, 2.05) is 19.2 Å². The quantitative estimate of drug-likeness (QED) is 0.913. The Kier molecular flexibility index (Phi) is 3.05. The van der Waals surface area contributed by atoms with Crippen LogP contribution in [-0.2, 0) is 0 Å². The summed E-state index contributed by atoms with van der Waals surface area (Å²) < 4.78 is 10.9. The molecule has 1 N–H and O–H groups in total. The Labute approximate surface area is 128 Å². The van der Waals surface area contributed by atoms with Gasteiger partial charge in [-0.25, -0.2) is 0 Å². The number of hydrogen-bond donors (Lipinski definition) is 1. The second-order valence-electron chi connectivity index (χ2n) is 5.49. The molecule has 0 fully saturated rings. The van der Waals surface area contributed by atoms with Crippen molar-refractivity contribution in [3.8, 4) is 11.5 Å². The minimum absolute atomic E-state index is 0.273. The van der Waals surface area contributed by atoms with Crippen molar-refractivity contribution in [2.24, 2.45) is 0 Å². The van der Waals surface area contributed by atoms with Crippen molar-refractivity contribution in [1.29, 1.82) is 0 Å². The fraction of sp³-hybridized carbons (Fsp3) is 0.294. The van der Waals surface area contributed by atoms with E-state index in [4.69, 9.17) is 21.1 Å². The van der Waals surface area contributed by atoms with Gasteiger partial charge in [-0.05, 0) is 36.2 Å². The van der Waals surface area contributed by atoms with Crippen LogP contribution in [0.2, 0.25) is 5.02 Å². The molecule has 0 saturated carbocycles. The van der Waals surface area contributed by atoms with Crippen molar-refractivity contribution in [3.63, 3.8) is 0 Å². The van der Waals surface area contributed by atoms with Crippen molar-refractivity contribution in [1.82, 2.24) is 5.32 Å². The SMILES string of the molecule is CN[C@@H]1C[C@@H](c2cc3c(cc2Cl)OCO3)c2ccccc21. The molecule has 2 aliphatic rings. The van der Waals surface area contributed by atoms with Crippen molar-refractivity contribution in [2.45, 2.75) is 18.4 Å². The van der Waals surface area contributed by atoms with Crippen LogP contribution < -0.4 is 14.8 Å². The molecule has 0 bridgehead atoms. The van der Waals surface area contributed by atoms with Gasteiger partial charge in [-0.2, -0.15) is 0 Å². The van der Waals surface area contributed by atoms with Gasteiger partial charge in [0.2, 0.25) is 6.79 Å². The zero-order chi connectivity index (χ0) is 14.4. The Bertz CT molecular complexity index is 701. The molecule has 1 aliphatic heterocycles. The van der Waals surface area contributed by atoms with Crippen molar-refractivity contribution in [2.75, 3.05) is 13.8 Å². The largest absolute Gasteiger partial charge is 0.454 e. The first kappa shape index (κ1) is 13.0. The van der Waals surface area contributed by atoms with Crippen LogP contribution in [0.5, 0.6) is 11.5 Å². The number of benzene rings is 2. The molecule has 21 heavy (non-hydrogen) atoms. The van der Waals surface area contributed by atoms with E-state index in [1.54, 1.807) is 0 Å². The van der Waals surface area contributed by atoms with E-state index in [-0.39, 0.29) is 6.79 Å². The van der Waals surface area contributed by atoms with Gasteiger partial charge in [0.25, 0.3) is 0 Å². The van der Waals surface area contributed by atoms with E-state index in [2.05, 4.69) is 29.6 Å². The first-order valence-corrected chi connectivity index (χ1v) is 7.51. The van der Waals surface area contributed by atoms with Crippen LogP contribution in [0.3, 0.4) is 0 Å². The molecular weight excluding hydrogens is 286 g/mol. The summed E-state index contributed by atoms with van der Waals surface area (Å²) in [6.07, 6.45) is 1.01. The van der Waals surface area contributed by atoms with Crippen LogP contribution in [-0.4, -0.2) is 13.8 Å². The maximum atomic E-state index is 6.49. The highest BCUT2D eigenvalue weighted by molar-refractivity contribution is 6.31. The lowest BCUT2D eigenvalue weighted by molar-refractivity contribution is 0.174. The highest BCUT2D eigenvalue weighted by atomic mass is 35.5. The molecule has 4 heteroatoms. The van der Waals surface area contributed by atoms with Gasteiger partial charge in [0.1, 0.15) is 0 Å². The first-order chi connectivity index (χ1) is 10.3. The number of nitrogens with one attached hydrogen (secondary N) is 1. The molecule has 108 valence electrons. The number of fused-ring (bicyclic) bond motifs is 2. The average molecular weight is 302 g/mol. The summed E-state index contributed by atoms with van der Waals surface area (Å²) in [6, 6.07) is 12.8. The summed E-state index contributed by atoms with van der Waals surface area (Å²) in [7, 11) is 2.01. The van der Waals surface area contributed by atoms with Gasteiger partial charge >= 0.3 is 0 Å². The number of ether oxygens (including phenoxy) is 2. The third-order valence-corrected chi connectivity index (χ3v) is 4.76. The molecule has 1 aliphatic carbocycles. The summed E-state index contributed by atoms with van der Waals surface area (Å²) in [6.45, 7) is 0.273. The predicted molar refractivity (Wildman–Crippen MR) is 82.3 cm³/mol. The molecule has 0 saturated heterocycles. The van der Waals surface area contributed by atoms with Gasteiger partial charge in [0.15, 0.2) is 11.5 Å². The Morgan fingerprint density at radius 1 is 1.05 bits per heavy atom. The minimum atomic E-state index is 0.273. The number of halogens is 1. The standard InChI is InChI=1S/C17H16ClNO2/c1-19-15-6-12(10-4-2-3-5-11(10)15)13-7-16-17(8-14(13)18)21-9-20-16/h2-5,7-8,12,15,19H,6,9H2,1H3/t12-,15-/m1/s1. The van der Waals surface area contributed by atoms with Crippen LogP contribution in [0.4, 0.5) is 0 Å². The summed E-state index contributed by atoms with van der Waals surface area (Å²) >= 11 is 6.49. The minimum Gasteiger partial charge on any atom is -0.454 e. The van der Waals surface area contributed by atoms with Gasteiger partial charge in [0, 0.05) is 23.0 Å². The Hall–Kier alpha value is -1.71. The maximum absolute atomic E-state index is 6.49. The molecule has 0 aromatic heterocycles. The van der Waals surface area contributed by atoms with Crippen molar-refractivity contribution < 1.29 is 9.47 Å². The molecule has 3 nitrogen and oxygen atoms in total. The van der Waals surface area contributed by atoms with E-state index in [1.165, 1.54) is 11.1 Å². The predicted octanol–water partition coefficient (Wildman–Crippen LogP) is 3.86. The van der Waals surface area contributed by atoms with Crippen LogP contribution >= 0.6 is 11.6 Å². The van der Waals surface area contributed by atoms with Crippen molar-refractivity contribution >= 4 is 11.6 Å². The van der Waals surface area contributed by atoms with Crippen LogP contribution in [0, 0.1) is 0 Å². The number of rotatable bonds is 2. The van der Waals surface area contributed by atoms with E-state index in [0.717, 1.165) is 28.5 Å². The lowest BCUT2D eigenvalue weighted by atomic mass is 9.92.